The first-order valence-electron chi connectivity index (χ1n) is 7.11. The minimum atomic E-state index is -0.232. The molecule has 2 aromatic carbocycles. The molecule has 1 N–H and O–H groups in total. The van der Waals surface area contributed by atoms with Crippen molar-refractivity contribution in [3.05, 3.63) is 47.8 Å². The average Bonchev–Trinajstić information content (AvgIpc) is 2.74. The molecule has 0 unspecified atom stereocenters. The number of benzene rings is 2. The summed E-state index contributed by atoms with van der Waals surface area (Å²) in [6.45, 7) is 1.98. The first-order chi connectivity index (χ1) is 10.3. The van der Waals surface area contributed by atoms with Gasteiger partial charge in [-0.1, -0.05) is 12.1 Å². The van der Waals surface area contributed by atoms with Gasteiger partial charge in [0, 0.05) is 18.5 Å². The topological polar surface area (TPSA) is 30.5 Å². The molecule has 1 heterocycles. The Kier molecular flexibility index (Phi) is 4.06. The summed E-state index contributed by atoms with van der Waals surface area (Å²) in [4.78, 5) is 0. The van der Waals surface area contributed by atoms with Crippen molar-refractivity contribution in [3.8, 4) is 22.6 Å². The van der Waals surface area contributed by atoms with Gasteiger partial charge in [0.1, 0.15) is 5.82 Å². The number of nitrogens with one attached hydrogen (secondary N) is 1. The van der Waals surface area contributed by atoms with Gasteiger partial charge in [-0.15, -0.1) is 0 Å². The van der Waals surface area contributed by atoms with E-state index in [0.717, 1.165) is 23.3 Å². The highest BCUT2D eigenvalue weighted by Crippen LogP contribution is 2.35. The predicted molar refractivity (Wildman–Crippen MR) is 80.2 cm³/mol. The van der Waals surface area contributed by atoms with Gasteiger partial charge in [-0.25, -0.2) is 4.39 Å². The van der Waals surface area contributed by atoms with E-state index in [1.165, 1.54) is 6.07 Å². The summed E-state index contributed by atoms with van der Waals surface area (Å²) < 4.78 is 25.4. The maximum absolute atomic E-state index is 14.1. The van der Waals surface area contributed by atoms with E-state index in [1.807, 2.05) is 31.3 Å². The van der Waals surface area contributed by atoms with Crippen LogP contribution in [0.25, 0.3) is 11.1 Å². The van der Waals surface area contributed by atoms with Crippen molar-refractivity contribution >= 4 is 0 Å². The zero-order valence-corrected chi connectivity index (χ0v) is 12.0. The summed E-state index contributed by atoms with van der Waals surface area (Å²) in [5, 5.41) is 3.07. The van der Waals surface area contributed by atoms with Crippen LogP contribution in [0.1, 0.15) is 12.0 Å². The molecule has 0 bridgehead atoms. The first-order valence-corrected chi connectivity index (χ1v) is 7.11. The minimum absolute atomic E-state index is 0.232. The number of fused-ring (bicyclic) bond motifs is 1. The van der Waals surface area contributed by atoms with E-state index in [9.17, 15) is 4.39 Å². The van der Waals surface area contributed by atoms with Gasteiger partial charge in [0.15, 0.2) is 11.5 Å². The van der Waals surface area contributed by atoms with Crippen molar-refractivity contribution in [3.63, 3.8) is 0 Å². The Balaban J connectivity index is 2.00. The molecule has 3 nitrogen and oxygen atoms in total. The average molecular weight is 287 g/mol. The molecule has 0 saturated carbocycles. The van der Waals surface area contributed by atoms with Crippen LogP contribution in [0.4, 0.5) is 4.39 Å². The van der Waals surface area contributed by atoms with Crippen molar-refractivity contribution in [2.75, 3.05) is 20.3 Å². The normalized spacial score (nSPS) is 13.8. The van der Waals surface area contributed by atoms with Crippen LogP contribution in [0.2, 0.25) is 0 Å². The number of ether oxygens (including phenoxy) is 2. The van der Waals surface area contributed by atoms with Gasteiger partial charge in [0.2, 0.25) is 0 Å². The Hall–Kier alpha value is -2.07. The van der Waals surface area contributed by atoms with Gasteiger partial charge in [0.25, 0.3) is 0 Å². The van der Waals surface area contributed by atoms with Crippen LogP contribution in [0.15, 0.2) is 36.4 Å². The van der Waals surface area contributed by atoms with E-state index in [-0.39, 0.29) is 5.82 Å². The predicted octanol–water partition coefficient (Wildman–Crippen LogP) is 3.37. The summed E-state index contributed by atoms with van der Waals surface area (Å²) in [6.07, 6.45) is 0.857. The summed E-state index contributed by atoms with van der Waals surface area (Å²) in [7, 11) is 1.87. The largest absolute Gasteiger partial charge is 0.490 e. The van der Waals surface area contributed by atoms with E-state index in [0.29, 0.717) is 31.1 Å². The van der Waals surface area contributed by atoms with Gasteiger partial charge < -0.3 is 14.8 Å². The Labute approximate surface area is 123 Å². The van der Waals surface area contributed by atoms with Crippen LogP contribution in [0.3, 0.4) is 0 Å². The molecule has 0 atom stereocenters. The van der Waals surface area contributed by atoms with Crippen LogP contribution in [-0.4, -0.2) is 20.3 Å². The van der Waals surface area contributed by atoms with E-state index in [1.54, 1.807) is 6.07 Å². The second-order valence-electron chi connectivity index (χ2n) is 5.06. The SMILES string of the molecule is CNCc1ccc(F)c(-c2ccc3c(c2)OCCCO3)c1. The fraction of sp³-hybridized carbons (Fsp3) is 0.294. The monoisotopic (exact) mass is 287 g/mol. The van der Waals surface area contributed by atoms with Crippen LogP contribution >= 0.6 is 0 Å². The molecule has 0 fully saturated rings. The Morgan fingerprint density at radius 2 is 1.86 bits per heavy atom. The van der Waals surface area contributed by atoms with Crippen molar-refractivity contribution in [2.24, 2.45) is 0 Å². The third-order valence-corrected chi connectivity index (χ3v) is 3.47. The molecule has 2 aromatic rings. The van der Waals surface area contributed by atoms with Gasteiger partial charge in [-0.2, -0.15) is 0 Å². The lowest BCUT2D eigenvalue weighted by molar-refractivity contribution is 0.297. The zero-order chi connectivity index (χ0) is 14.7. The van der Waals surface area contributed by atoms with Crippen molar-refractivity contribution in [2.45, 2.75) is 13.0 Å². The summed E-state index contributed by atoms with van der Waals surface area (Å²) >= 11 is 0. The number of rotatable bonds is 3. The van der Waals surface area contributed by atoms with Crippen LogP contribution in [0, 0.1) is 5.82 Å². The highest BCUT2D eigenvalue weighted by Gasteiger charge is 2.13. The molecule has 0 radical (unpaired) electrons. The Morgan fingerprint density at radius 1 is 1.05 bits per heavy atom. The van der Waals surface area contributed by atoms with Crippen molar-refractivity contribution in [1.82, 2.24) is 5.32 Å². The molecule has 0 amide bonds. The fourth-order valence-corrected chi connectivity index (χ4v) is 2.44. The number of hydrogen-bond acceptors (Lipinski definition) is 3. The van der Waals surface area contributed by atoms with Crippen LogP contribution in [-0.2, 0) is 6.54 Å². The van der Waals surface area contributed by atoms with Gasteiger partial charge in [-0.3, -0.25) is 0 Å². The lowest BCUT2D eigenvalue weighted by Crippen LogP contribution is -2.05. The zero-order valence-electron chi connectivity index (χ0n) is 12.0. The summed E-state index contributed by atoms with van der Waals surface area (Å²) in [6, 6.07) is 10.7. The second-order valence-corrected chi connectivity index (χ2v) is 5.06. The van der Waals surface area contributed by atoms with E-state index in [2.05, 4.69) is 5.32 Å². The maximum Gasteiger partial charge on any atom is 0.161 e. The molecule has 0 aliphatic carbocycles. The number of hydrogen-bond donors (Lipinski definition) is 1. The van der Waals surface area contributed by atoms with Crippen LogP contribution in [0.5, 0.6) is 11.5 Å². The molecule has 0 aromatic heterocycles. The Bertz CT molecular complexity index is 643. The molecule has 110 valence electrons. The van der Waals surface area contributed by atoms with Gasteiger partial charge in [-0.05, 0) is 42.4 Å². The highest BCUT2D eigenvalue weighted by atomic mass is 19.1. The maximum atomic E-state index is 14.1. The quantitative estimate of drug-likeness (QED) is 0.939. The third kappa shape index (κ3) is 3.00. The molecule has 3 rings (SSSR count). The molecular formula is C17H18FNO2. The molecule has 1 aliphatic heterocycles. The molecule has 21 heavy (non-hydrogen) atoms. The van der Waals surface area contributed by atoms with Crippen molar-refractivity contribution in [1.29, 1.82) is 0 Å². The summed E-state index contributed by atoms with van der Waals surface area (Å²) in [5.74, 6) is 1.18. The minimum Gasteiger partial charge on any atom is -0.490 e. The summed E-state index contributed by atoms with van der Waals surface area (Å²) in [5.41, 5.74) is 2.43. The van der Waals surface area contributed by atoms with E-state index < -0.39 is 0 Å². The number of halogens is 1. The van der Waals surface area contributed by atoms with Crippen molar-refractivity contribution < 1.29 is 13.9 Å². The smallest absolute Gasteiger partial charge is 0.161 e. The van der Waals surface area contributed by atoms with E-state index >= 15 is 0 Å². The fourth-order valence-electron chi connectivity index (χ4n) is 2.44. The van der Waals surface area contributed by atoms with Gasteiger partial charge >= 0.3 is 0 Å². The molecule has 0 saturated heterocycles. The first kappa shape index (κ1) is 13.9. The molecule has 4 heteroatoms. The van der Waals surface area contributed by atoms with Crippen LogP contribution < -0.4 is 14.8 Å². The highest BCUT2D eigenvalue weighted by molar-refractivity contribution is 5.68. The third-order valence-electron chi connectivity index (χ3n) is 3.47. The van der Waals surface area contributed by atoms with Gasteiger partial charge in [0.05, 0.1) is 13.2 Å². The van der Waals surface area contributed by atoms with E-state index in [4.69, 9.17) is 9.47 Å². The lowest BCUT2D eigenvalue weighted by atomic mass is 10.0. The second kappa shape index (κ2) is 6.14. The molecular weight excluding hydrogens is 269 g/mol. The lowest BCUT2D eigenvalue weighted by Gasteiger charge is -2.11. The Morgan fingerprint density at radius 3 is 2.67 bits per heavy atom. The molecule has 0 spiro atoms. The molecule has 1 aliphatic rings. The standard InChI is InChI=1S/C17H18FNO2/c1-19-11-12-3-5-15(18)14(9-12)13-4-6-16-17(10-13)21-8-2-7-20-16/h3-6,9-10,19H,2,7-8,11H2,1H3.